The number of methoxy groups -OCH3 is 2. The molecule has 0 aliphatic carbocycles. The first kappa shape index (κ1) is 19.0. The Morgan fingerprint density at radius 3 is 2.41 bits per heavy atom. The second-order valence-electron chi connectivity index (χ2n) is 5.51. The molecule has 2 N–H and O–H groups in total. The number of hydrogen-bond donors (Lipinski definition) is 2. The van der Waals surface area contributed by atoms with Crippen molar-refractivity contribution in [3.05, 3.63) is 63.6 Å². The van der Waals surface area contributed by atoms with Crippen LogP contribution in [-0.2, 0) is 6.54 Å². The number of rotatable bonds is 7. The zero-order valence-corrected chi connectivity index (χ0v) is 16.4. The van der Waals surface area contributed by atoms with E-state index in [1.165, 1.54) is 11.3 Å². The summed E-state index contributed by atoms with van der Waals surface area (Å²) in [7, 11) is 3.12. The van der Waals surface area contributed by atoms with Crippen LogP contribution in [0.1, 0.15) is 15.2 Å². The lowest BCUT2D eigenvalue weighted by Crippen LogP contribution is -2.13. The molecule has 0 saturated carbocycles. The van der Waals surface area contributed by atoms with Crippen LogP contribution < -0.4 is 20.1 Å². The van der Waals surface area contributed by atoms with E-state index in [1.807, 2.05) is 18.2 Å². The SMILES string of the molecule is COc1cc(NC(=O)c2ccccc2)c(OC)cc1NCc1cnc(Cl)s1. The van der Waals surface area contributed by atoms with Gasteiger partial charge in [0.25, 0.3) is 5.91 Å². The number of nitrogens with one attached hydrogen (secondary N) is 2. The molecule has 6 nitrogen and oxygen atoms in total. The van der Waals surface area contributed by atoms with E-state index in [0.717, 1.165) is 10.6 Å². The standard InChI is InChI=1S/C19H18ClN3O3S/c1-25-16-9-15(23-18(24)12-6-4-3-5-7-12)17(26-2)8-14(16)21-10-13-11-22-19(20)27-13/h3-9,11,21H,10H2,1-2H3,(H,23,24). The highest BCUT2D eigenvalue weighted by atomic mass is 35.5. The molecule has 3 aromatic rings. The van der Waals surface area contributed by atoms with E-state index in [-0.39, 0.29) is 5.91 Å². The molecule has 1 amide bonds. The minimum Gasteiger partial charge on any atom is -0.495 e. The van der Waals surface area contributed by atoms with Crippen molar-refractivity contribution in [1.82, 2.24) is 4.98 Å². The molecule has 0 unspecified atom stereocenters. The zero-order valence-electron chi connectivity index (χ0n) is 14.8. The highest BCUT2D eigenvalue weighted by molar-refractivity contribution is 7.15. The van der Waals surface area contributed by atoms with Gasteiger partial charge in [-0.15, -0.1) is 11.3 Å². The van der Waals surface area contributed by atoms with Crippen LogP contribution in [0.4, 0.5) is 11.4 Å². The van der Waals surface area contributed by atoms with Crippen molar-refractivity contribution in [2.75, 3.05) is 24.9 Å². The number of carbonyl (C=O) groups is 1. The second kappa shape index (κ2) is 8.75. The maximum atomic E-state index is 12.4. The van der Waals surface area contributed by atoms with Gasteiger partial charge in [-0.2, -0.15) is 0 Å². The number of halogens is 1. The number of thiazole rings is 1. The van der Waals surface area contributed by atoms with Crippen LogP contribution in [0.25, 0.3) is 0 Å². The van der Waals surface area contributed by atoms with Gasteiger partial charge in [0.05, 0.1) is 32.1 Å². The fourth-order valence-electron chi connectivity index (χ4n) is 2.47. The molecule has 0 atom stereocenters. The Labute approximate surface area is 166 Å². The van der Waals surface area contributed by atoms with Gasteiger partial charge in [-0.05, 0) is 12.1 Å². The van der Waals surface area contributed by atoms with Crippen molar-refractivity contribution in [2.45, 2.75) is 6.54 Å². The molecule has 0 fully saturated rings. The van der Waals surface area contributed by atoms with Gasteiger partial charge in [-0.1, -0.05) is 29.8 Å². The third-order valence-electron chi connectivity index (χ3n) is 3.78. The van der Waals surface area contributed by atoms with E-state index in [0.29, 0.717) is 33.8 Å². The van der Waals surface area contributed by atoms with Crippen LogP contribution in [-0.4, -0.2) is 25.1 Å². The number of benzene rings is 2. The number of anilines is 2. The number of nitrogens with zero attached hydrogens (tertiary/aromatic N) is 1. The number of amides is 1. The van der Waals surface area contributed by atoms with E-state index in [2.05, 4.69) is 15.6 Å². The molecule has 0 aliphatic heterocycles. The van der Waals surface area contributed by atoms with Crippen molar-refractivity contribution in [1.29, 1.82) is 0 Å². The molecule has 3 rings (SSSR count). The van der Waals surface area contributed by atoms with E-state index < -0.39 is 0 Å². The molecule has 27 heavy (non-hydrogen) atoms. The van der Waals surface area contributed by atoms with Crippen molar-refractivity contribution in [2.24, 2.45) is 0 Å². The van der Waals surface area contributed by atoms with Crippen molar-refractivity contribution in [3.8, 4) is 11.5 Å². The van der Waals surface area contributed by atoms with Gasteiger partial charge < -0.3 is 20.1 Å². The molecular formula is C19H18ClN3O3S. The molecule has 8 heteroatoms. The average Bonchev–Trinajstić information content (AvgIpc) is 3.12. The monoisotopic (exact) mass is 403 g/mol. The Bertz CT molecular complexity index is 931. The minimum atomic E-state index is -0.226. The van der Waals surface area contributed by atoms with E-state index in [9.17, 15) is 4.79 Å². The largest absolute Gasteiger partial charge is 0.495 e. The lowest BCUT2D eigenvalue weighted by Gasteiger charge is -2.16. The van der Waals surface area contributed by atoms with Crippen LogP contribution >= 0.6 is 22.9 Å². The number of aromatic nitrogens is 1. The summed E-state index contributed by atoms with van der Waals surface area (Å²) >= 11 is 7.27. The predicted octanol–water partition coefficient (Wildman–Crippen LogP) is 4.68. The van der Waals surface area contributed by atoms with Gasteiger partial charge in [-0.25, -0.2) is 4.98 Å². The fraction of sp³-hybridized carbons (Fsp3) is 0.158. The van der Waals surface area contributed by atoms with Crippen LogP contribution in [0.3, 0.4) is 0 Å². The summed E-state index contributed by atoms with van der Waals surface area (Å²) in [5.41, 5.74) is 1.81. The lowest BCUT2D eigenvalue weighted by molar-refractivity contribution is 0.102. The van der Waals surface area contributed by atoms with Crippen LogP contribution in [0, 0.1) is 0 Å². The molecule has 140 valence electrons. The maximum absolute atomic E-state index is 12.4. The smallest absolute Gasteiger partial charge is 0.255 e. The summed E-state index contributed by atoms with van der Waals surface area (Å²) in [6, 6.07) is 12.5. The Morgan fingerprint density at radius 1 is 1.11 bits per heavy atom. The number of hydrogen-bond acceptors (Lipinski definition) is 6. The topological polar surface area (TPSA) is 72.5 Å². The number of ether oxygens (including phenoxy) is 2. The molecule has 1 aromatic heterocycles. The molecule has 0 spiro atoms. The fourth-order valence-corrected chi connectivity index (χ4v) is 3.38. The summed E-state index contributed by atoms with van der Waals surface area (Å²) < 4.78 is 11.4. The van der Waals surface area contributed by atoms with Crippen LogP contribution in [0.5, 0.6) is 11.5 Å². The first-order chi connectivity index (χ1) is 13.1. The summed E-state index contributed by atoms with van der Waals surface area (Å²) in [6.45, 7) is 0.541. The van der Waals surface area contributed by atoms with Gasteiger partial charge in [0, 0.05) is 28.8 Å². The summed E-state index contributed by atoms with van der Waals surface area (Å²) in [4.78, 5) is 17.4. The highest BCUT2D eigenvalue weighted by Crippen LogP contribution is 2.37. The molecule has 2 aromatic carbocycles. The zero-order chi connectivity index (χ0) is 19.2. The maximum Gasteiger partial charge on any atom is 0.255 e. The first-order valence-corrected chi connectivity index (χ1v) is 9.26. The molecular weight excluding hydrogens is 386 g/mol. The van der Waals surface area contributed by atoms with E-state index in [4.69, 9.17) is 21.1 Å². The lowest BCUT2D eigenvalue weighted by atomic mass is 10.2. The Morgan fingerprint density at radius 2 is 1.78 bits per heavy atom. The van der Waals surface area contributed by atoms with Crippen LogP contribution in [0.15, 0.2) is 48.7 Å². The molecule has 0 saturated heterocycles. The Hall–Kier alpha value is -2.77. The summed E-state index contributed by atoms with van der Waals surface area (Å²) in [6.07, 6.45) is 1.72. The van der Waals surface area contributed by atoms with Crippen molar-refractivity contribution in [3.63, 3.8) is 0 Å². The predicted molar refractivity (Wildman–Crippen MR) is 108 cm³/mol. The van der Waals surface area contributed by atoms with Gasteiger partial charge in [0.15, 0.2) is 4.47 Å². The third kappa shape index (κ3) is 4.69. The Kier molecular flexibility index (Phi) is 6.16. The highest BCUT2D eigenvalue weighted by Gasteiger charge is 2.15. The van der Waals surface area contributed by atoms with Crippen molar-refractivity contribution >= 4 is 40.2 Å². The Balaban J connectivity index is 1.81. The van der Waals surface area contributed by atoms with Gasteiger partial charge in [0.2, 0.25) is 0 Å². The van der Waals surface area contributed by atoms with Crippen LogP contribution in [0.2, 0.25) is 4.47 Å². The second-order valence-corrected chi connectivity index (χ2v) is 7.20. The van der Waals surface area contributed by atoms with E-state index in [1.54, 1.807) is 44.7 Å². The molecule has 0 aliphatic rings. The summed E-state index contributed by atoms with van der Waals surface area (Å²) in [5, 5.41) is 6.13. The third-order valence-corrected chi connectivity index (χ3v) is 4.90. The quantitative estimate of drug-likeness (QED) is 0.599. The van der Waals surface area contributed by atoms with Gasteiger partial charge >= 0.3 is 0 Å². The van der Waals surface area contributed by atoms with Gasteiger partial charge in [0.1, 0.15) is 11.5 Å². The molecule has 0 bridgehead atoms. The van der Waals surface area contributed by atoms with Gasteiger partial charge in [-0.3, -0.25) is 4.79 Å². The average molecular weight is 404 g/mol. The minimum absolute atomic E-state index is 0.226. The normalized spacial score (nSPS) is 10.3. The van der Waals surface area contributed by atoms with E-state index >= 15 is 0 Å². The number of carbonyl (C=O) groups excluding carboxylic acids is 1. The summed E-state index contributed by atoms with van der Waals surface area (Å²) in [5.74, 6) is 0.871. The van der Waals surface area contributed by atoms with Crippen molar-refractivity contribution < 1.29 is 14.3 Å². The molecule has 1 heterocycles. The first-order valence-electron chi connectivity index (χ1n) is 8.07. The molecule has 0 radical (unpaired) electrons.